The summed E-state index contributed by atoms with van der Waals surface area (Å²) >= 11 is 0. The van der Waals surface area contributed by atoms with Crippen molar-refractivity contribution in [1.82, 2.24) is 5.32 Å². The first-order valence-corrected chi connectivity index (χ1v) is 10.7. The van der Waals surface area contributed by atoms with Crippen molar-refractivity contribution in [3.8, 4) is 5.75 Å². The number of amides is 1. The molecule has 0 spiro atoms. The molecule has 0 saturated carbocycles. The van der Waals surface area contributed by atoms with Crippen LogP contribution in [0.15, 0.2) is 18.2 Å². The number of benzene rings is 1. The molecule has 0 fully saturated rings. The zero-order chi connectivity index (χ0) is 23.1. The Balaban J connectivity index is 2.84. The molecule has 6 nitrogen and oxygen atoms in total. The zero-order valence-electron chi connectivity index (χ0n) is 20.0. The largest absolute Gasteiger partial charge is 0.457 e. The van der Waals surface area contributed by atoms with E-state index in [1.54, 1.807) is 20.8 Å². The number of nitrogens with one attached hydrogen (secondary N) is 1. The predicted molar refractivity (Wildman–Crippen MR) is 119 cm³/mol. The Kier molecular flexibility index (Phi) is 9.66. The smallest absolute Gasteiger partial charge is 0.408 e. The number of hydrogen-bond acceptors (Lipinski definition) is 5. The molecule has 0 heterocycles. The summed E-state index contributed by atoms with van der Waals surface area (Å²) in [4.78, 5) is 24.8. The van der Waals surface area contributed by atoms with Gasteiger partial charge >= 0.3 is 12.1 Å². The van der Waals surface area contributed by atoms with Crippen molar-refractivity contribution in [2.45, 2.75) is 92.2 Å². The van der Waals surface area contributed by atoms with Crippen molar-refractivity contribution >= 4 is 12.1 Å². The second kappa shape index (κ2) is 11.2. The Labute approximate surface area is 181 Å². The molecular formula is C24H39NO5. The number of carbonyl (C=O) groups excluding carboxylic acids is 2. The van der Waals surface area contributed by atoms with E-state index in [-0.39, 0.29) is 24.5 Å². The van der Waals surface area contributed by atoms with Crippen molar-refractivity contribution in [3.05, 3.63) is 29.3 Å². The molecule has 0 aliphatic rings. The maximum absolute atomic E-state index is 12.6. The number of rotatable bonds is 9. The number of hydrogen-bond donors (Lipinski definition) is 1. The highest BCUT2D eigenvalue weighted by molar-refractivity contribution is 5.81. The third-order valence-corrected chi connectivity index (χ3v) is 4.41. The van der Waals surface area contributed by atoms with Gasteiger partial charge in [-0.2, -0.15) is 0 Å². The molecule has 1 rings (SSSR count). The first-order valence-electron chi connectivity index (χ1n) is 10.7. The highest BCUT2D eigenvalue weighted by Crippen LogP contribution is 2.34. The van der Waals surface area contributed by atoms with Crippen molar-refractivity contribution in [1.29, 1.82) is 0 Å². The third kappa shape index (κ3) is 8.64. The first kappa shape index (κ1) is 25.8. The van der Waals surface area contributed by atoms with Crippen LogP contribution in [0.3, 0.4) is 0 Å². The van der Waals surface area contributed by atoms with Crippen LogP contribution in [0.5, 0.6) is 5.75 Å². The molecule has 6 heteroatoms. The molecule has 0 bridgehead atoms. The van der Waals surface area contributed by atoms with Crippen molar-refractivity contribution in [2.24, 2.45) is 5.92 Å². The average Bonchev–Trinajstić information content (AvgIpc) is 2.58. The minimum Gasteiger partial charge on any atom is -0.457 e. The molecule has 0 aliphatic carbocycles. The van der Waals surface area contributed by atoms with Crippen LogP contribution in [-0.2, 0) is 14.3 Å². The molecule has 1 N–H and O–H groups in total. The van der Waals surface area contributed by atoms with Crippen LogP contribution < -0.4 is 10.1 Å². The normalized spacial score (nSPS) is 12.8. The van der Waals surface area contributed by atoms with Gasteiger partial charge in [0, 0.05) is 0 Å². The van der Waals surface area contributed by atoms with E-state index >= 15 is 0 Å². The second-order valence-electron chi connectivity index (χ2n) is 9.63. The summed E-state index contributed by atoms with van der Waals surface area (Å²) in [5, 5.41) is 2.62. The van der Waals surface area contributed by atoms with Crippen LogP contribution in [-0.4, -0.2) is 30.5 Å². The summed E-state index contributed by atoms with van der Waals surface area (Å²) in [5.74, 6) is 0.958. The Hall–Kier alpha value is -2.24. The SMILES string of the molecule is CC(C)C[C@H](NC(=O)OC(C)(C)C)C(=O)OCOc1c(C(C)C)cccc1C(C)C. The molecule has 1 amide bonds. The number of ether oxygens (including phenoxy) is 3. The predicted octanol–water partition coefficient (Wildman–Crippen LogP) is 5.75. The maximum Gasteiger partial charge on any atom is 0.408 e. The van der Waals surface area contributed by atoms with Gasteiger partial charge in [-0.15, -0.1) is 0 Å². The topological polar surface area (TPSA) is 73.9 Å². The van der Waals surface area contributed by atoms with Crippen LogP contribution in [0.2, 0.25) is 0 Å². The lowest BCUT2D eigenvalue weighted by atomic mass is 9.94. The lowest BCUT2D eigenvalue weighted by Gasteiger charge is -2.24. The van der Waals surface area contributed by atoms with E-state index in [1.165, 1.54) is 0 Å². The molecule has 0 aromatic heterocycles. The van der Waals surface area contributed by atoms with Gasteiger partial charge in [-0.3, -0.25) is 0 Å². The first-order chi connectivity index (χ1) is 13.8. The van der Waals surface area contributed by atoms with Gasteiger partial charge in [-0.05, 0) is 56.1 Å². The van der Waals surface area contributed by atoms with Gasteiger partial charge in [0.25, 0.3) is 0 Å². The fourth-order valence-electron chi connectivity index (χ4n) is 3.03. The number of alkyl carbamates (subject to hydrolysis) is 1. The number of para-hydroxylation sites is 1. The lowest BCUT2D eigenvalue weighted by Crippen LogP contribution is -2.45. The fourth-order valence-corrected chi connectivity index (χ4v) is 3.03. The van der Waals surface area contributed by atoms with Gasteiger partial charge in [0.1, 0.15) is 17.4 Å². The summed E-state index contributed by atoms with van der Waals surface area (Å²) < 4.78 is 16.6. The summed E-state index contributed by atoms with van der Waals surface area (Å²) in [7, 11) is 0. The van der Waals surface area contributed by atoms with Crippen molar-refractivity contribution in [3.63, 3.8) is 0 Å². The Morgan fingerprint density at radius 3 is 1.93 bits per heavy atom. The van der Waals surface area contributed by atoms with E-state index in [2.05, 4.69) is 33.0 Å². The Morgan fingerprint density at radius 1 is 0.967 bits per heavy atom. The summed E-state index contributed by atoms with van der Waals surface area (Å²) in [6, 6.07) is 5.28. The van der Waals surface area contributed by atoms with Gasteiger partial charge in [0.05, 0.1) is 0 Å². The molecule has 170 valence electrons. The van der Waals surface area contributed by atoms with Crippen LogP contribution in [0.25, 0.3) is 0 Å². The third-order valence-electron chi connectivity index (χ3n) is 4.41. The van der Waals surface area contributed by atoms with Crippen LogP contribution in [0.4, 0.5) is 4.79 Å². The van der Waals surface area contributed by atoms with Crippen LogP contribution >= 0.6 is 0 Å². The van der Waals surface area contributed by atoms with Gasteiger partial charge < -0.3 is 19.5 Å². The molecular weight excluding hydrogens is 382 g/mol. The number of carbonyl (C=O) groups is 2. The molecule has 1 atom stereocenters. The Bertz CT molecular complexity index is 678. The standard InChI is InChI=1S/C24H39NO5/c1-15(2)13-20(25-23(27)30-24(7,8)9)22(26)29-14-28-21-18(16(3)4)11-10-12-19(21)17(5)6/h10-12,15-17,20H,13-14H2,1-9H3,(H,25,27)/t20-/m0/s1. The van der Waals surface area contributed by atoms with Gasteiger partial charge in [0.2, 0.25) is 6.79 Å². The quantitative estimate of drug-likeness (QED) is 0.406. The summed E-state index contributed by atoms with van der Waals surface area (Å²) in [6.45, 7) is 17.4. The molecule has 1 aromatic rings. The maximum atomic E-state index is 12.6. The van der Waals surface area contributed by atoms with Crippen LogP contribution in [0, 0.1) is 5.92 Å². The van der Waals surface area contributed by atoms with Crippen molar-refractivity contribution < 1.29 is 23.8 Å². The summed E-state index contributed by atoms with van der Waals surface area (Å²) in [6.07, 6.45) is -0.198. The van der Waals surface area contributed by atoms with Gasteiger partial charge in [-0.1, -0.05) is 59.7 Å². The number of esters is 1. The van der Waals surface area contributed by atoms with Gasteiger partial charge in [0.15, 0.2) is 0 Å². The molecule has 0 aliphatic heterocycles. The average molecular weight is 422 g/mol. The van der Waals surface area contributed by atoms with Crippen molar-refractivity contribution in [2.75, 3.05) is 6.79 Å². The molecule has 0 unspecified atom stereocenters. The van der Waals surface area contributed by atoms with E-state index in [0.29, 0.717) is 6.42 Å². The van der Waals surface area contributed by atoms with E-state index in [9.17, 15) is 9.59 Å². The summed E-state index contributed by atoms with van der Waals surface area (Å²) in [5.41, 5.74) is 1.50. The molecule has 0 radical (unpaired) electrons. The highest BCUT2D eigenvalue weighted by Gasteiger charge is 2.26. The molecule has 30 heavy (non-hydrogen) atoms. The zero-order valence-corrected chi connectivity index (χ0v) is 20.0. The molecule has 0 saturated heterocycles. The van der Waals surface area contributed by atoms with Gasteiger partial charge in [-0.25, -0.2) is 9.59 Å². The van der Waals surface area contributed by atoms with E-state index in [1.807, 2.05) is 32.0 Å². The second-order valence-corrected chi connectivity index (χ2v) is 9.63. The Morgan fingerprint density at radius 2 is 1.50 bits per heavy atom. The fraction of sp³-hybridized carbons (Fsp3) is 0.667. The monoisotopic (exact) mass is 421 g/mol. The van der Waals surface area contributed by atoms with E-state index in [4.69, 9.17) is 14.2 Å². The van der Waals surface area contributed by atoms with E-state index in [0.717, 1.165) is 16.9 Å². The van der Waals surface area contributed by atoms with Crippen LogP contribution in [0.1, 0.15) is 91.7 Å². The molecule has 1 aromatic carbocycles. The van der Waals surface area contributed by atoms with E-state index < -0.39 is 23.7 Å². The highest BCUT2D eigenvalue weighted by atomic mass is 16.7. The lowest BCUT2D eigenvalue weighted by molar-refractivity contribution is -0.153. The minimum absolute atomic E-state index is 0.188. The minimum atomic E-state index is -0.798.